The molecule has 0 aliphatic carbocycles. The second-order valence-corrected chi connectivity index (χ2v) is 11.5. The standard InChI is InChI=1S/C28H38FN3O6/c1-35-12-13-37-26(33)31-18-28(24-14-19(29)2-5-25(24)31)7-9-30(10-8-28)22-15-20-3-4-21(16-22)32(20)27(34)38-23-6-11-36-17-23/h2,5,14,20-23H,3-4,6-13,15-18H2,1H3/t20?,21?,22?,23-/m1/s1. The van der Waals surface area contributed by atoms with Crippen LogP contribution >= 0.6 is 0 Å². The zero-order chi connectivity index (χ0) is 26.3. The van der Waals surface area contributed by atoms with Crippen LogP contribution in [0.2, 0.25) is 0 Å². The summed E-state index contributed by atoms with van der Waals surface area (Å²) in [6.07, 6.45) is 5.77. The van der Waals surface area contributed by atoms with Crippen LogP contribution < -0.4 is 4.90 Å². The normalized spacial score (nSPS) is 30.1. The van der Waals surface area contributed by atoms with Gasteiger partial charge in [-0.05, 0) is 75.4 Å². The molecule has 4 fully saturated rings. The van der Waals surface area contributed by atoms with Gasteiger partial charge in [-0.15, -0.1) is 0 Å². The maximum atomic E-state index is 14.4. The van der Waals surface area contributed by atoms with Crippen molar-refractivity contribution in [2.45, 2.75) is 74.6 Å². The second-order valence-electron chi connectivity index (χ2n) is 11.5. The molecule has 9 nitrogen and oxygen atoms in total. The lowest BCUT2D eigenvalue weighted by atomic mass is 9.73. The Morgan fingerprint density at radius 3 is 2.50 bits per heavy atom. The Kier molecular flexibility index (Phi) is 7.22. The Hall–Kier alpha value is -2.43. The number of benzene rings is 1. The van der Waals surface area contributed by atoms with E-state index in [-0.39, 0.29) is 42.1 Å². The van der Waals surface area contributed by atoms with Crippen LogP contribution in [0.1, 0.15) is 50.5 Å². The van der Waals surface area contributed by atoms with E-state index in [0.29, 0.717) is 32.4 Å². The molecular weight excluding hydrogens is 493 g/mol. The monoisotopic (exact) mass is 531 g/mol. The number of methoxy groups -OCH3 is 1. The molecule has 5 aliphatic heterocycles. The SMILES string of the molecule is COCCOC(=O)N1CC2(CCN(C3CC4CCC(C3)N4C(=O)O[C@@H]3CCOC3)CC2)c2cc(F)ccc21. The first kappa shape index (κ1) is 25.8. The number of piperidine rings is 2. The van der Waals surface area contributed by atoms with Gasteiger partial charge in [0, 0.05) is 43.6 Å². The van der Waals surface area contributed by atoms with Crippen LogP contribution in [0.5, 0.6) is 0 Å². The van der Waals surface area contributed by atoms with Crippen molar-refractivity contribution in [2.75, 3.05) is 58.1 Å². The maximum Gasteiger partial charge on any atom is 0.414 e. The summed E-state index contributed by atoms with van der Waals surface area (Å²) in [7, 11) is 1.57. The topological polar surface area (TPSA) is 80.8 Å². The van der Waals surface area contributed by atoms with Crippen LogP contribution in [0.4, 0.5) is 19.7 Å². The molecule has 1 aromatic carbocycles. The minimum absolute atomic E-state index is 0.117. The van der Waals surface area contributed by atoms with E-state index in [2.05, 4.69) is 4.90 Å². The maximum absolute atomic E-state index is 14.4. The van der Waals surface area contributed by atoms with Crippen molar-refractivity contribution >= 4 is 17.9 Å². The molecule has 0 N–H and O–H groups in total. The number of carbonyl (C=O) groups excluding carboxylic acids is 2. The Morgan fingerprint density at radius 1 is 1.05 bits per heavy atom. The molecule has 5 aliphatic rings. The van der Waals surface area contributed by atoms with Crippen molar-refractivity contribution in [1.82, 2.24) is 9.80 Å². The third-order valence-electron chi connectivity index (χ3n) is 9.36. The average Bonchev–Trinajstić information content (AvgIpc) is 3.60. The molecule has 6 rings (SSSR count). The number of ether oxygens (including phenoxy) is 4. The summed E-state index contributed by atoms with van der Waals surface area (Å²) in [5.41, 5.74) is 1.38. The smallest absolute Gasteiger partial charge is 0.414 e. The Bertz CT molecular complexity index is 1030. The fraction of sp³-hybridized carbons (Fsp3) is 0.714. The predicted octanol–water partition coefficient (Wildman–Crippen LogP) is 3.68. The highest BCUT2D eigenvalue weighted by molar-refractivity contribution is 5.91. The van der Waals surface area contributed by atoms with Gasteiger partial charge >= 0.3 is 12.2 Å². The Balaban J connectivity index is 1.10. The second kappa shape index (κ2) is 10.6. The van der Waals surface area contributed by atoms with Crippen LogP contribution in [0.3, 0.4) is 0 Å². The van der Waals surface area contributed by atoms with Gasteiger partial charge in [-0.1, -0.05) is 0 Å². The van der Waals surface area contributed by atoms with E-state index in [1.54, 1.807) is 24.1 Å². The van der Waals surface area contributed by atoms with Gasteiger partial charge in [0.25, 0.3) is 0 Å². The van der Waals surface area contributed by atoms with E-state index in [4.69, 9.17) is 18.9 Å². The van der Waals surface area contributed by atoms with Crippen molar-refractivity contribution in [3.63, 3.8) is 0 Å². The van der Waals surface area contributed by atoms with Crippen molar-refractivity contribution in [3.8, 4) is 0 Å². The minimum Gasteiger partial charge on any atom is -0.447 e. The van der Waals surface area contributed by atoms with Crippen LogP contribution in [-0.4, -0.2) is 99.4 Å². The zero-order valence-corrected chi connectivity index (χ0v) is 22.1. The van der Waals surface area contributed by atoms with E-state index in [1.807, 2.05) is 4.90 Å². The van der Waals surface area contributed by atoms with Crippen LogP contribution in [0.15, 0.2) is 18.2 Å². The third-order valence-corrected chi connectivity index (χ3v) is 9.36. The van der Waals surface area contributed by atoms with Crippen molar-refractivity contribution in [3.05, 3.63) is 29.6 Å². The number of carbonyl (C=O) groups is 2. The zero-order valence-electron chi connectivity index (χ0n) is 22.1. The van der Waals surface area contributed by atoms with Gasteiger partial charge < -0.3 is 28.7 Å². The molecule has 0 aromatic heterocycles. The van der Waals surface area contributed by atoms with Crippen LogP contribution in [-0.2, 0) is 24.4 Å². The fourth-order valence-electron chi connectivity index (χ4n) is 7.39. The predicted molar refractivity (Wildman–Crippen MR) is 137 cm³/mol. The number of rotatable bonds is 5. The van der Waals surface area contributed by atoms with Crippen LogP contribution in [0, 0.1) is 5.82 Å². The minimum atomic E-state index is -0.408. The highest BCUT2D eigenvalue weighted by Crippen LogP contribution is 2.48. The van der Waals surface area contributed by atoms with Gasteiger partial charge in [0.05, 0.1) is 25.5 Å². The van der Waals surface area contributed by atoms with E-state index in [9.17, 15) is 14.0 Å². The van der Waals surface area contributed by atoms with Gasteiger partial charge in [-0.2, -0.15) is 0 Å². The quantitative estimate of drug-likeness (QED) is 0.536. The summed E-state index contributed by atoms with van der Waals surface area (Å²) >= 11 is 0. The number of nitrogens with zero attached hydrogens (tertiary/aromatic N) is 3. The Morgan fingerprint density at radius 2 is 1.82 bits per heavy atom. The number of likely N-dealkylation sites (tertiary alicyclic amines) is 1. The largest absolute Gasteiger partial charge is 0.447 e. The highest BCUT2D eigenvalue weighted by Gasteiger charge is 2.50. The first-order valence-corrected chi connectivity index (χ1v) is 14.0. The third kappa shape index (κ3) is 4.75. The number of halogens is 1. The number of fused-ring (bicyclic) bond motifs is 4. The summed E-state index contributed by atoms with van der Waals surface area (Å²) < 4.78 is 35.9. The highest BCUT2D eigenvalue weighted by atomic mass is 19.1. The van der Waals surface area contributed by atoms with E-state index < -0.39 is 6.09 Å². The van der Waals surface area contributed by atoms with Crippen molar-refractivity contribution in [1.29, 1.82) is 0 Å². The summed E-state index contributed by atoms with van der Waals surface area (Å²) in [6, 6.07) is 5.59. The molecule has 10 heteroatoms. The molecule has 0 radical (unpaired) electrons. The average molecular weight is 532 g/mol. The molecule has 5 heterocycles. The lowest BCUT2D eigenvalue weighted by Gasteiger charge is -2.47. The molecule has 38 heavy (non-hydrogen) atoms. The first-order valence-electron chi connectivity index (χ1n) is 14.0. The lowest BCUT2D eigenvalue weighted by Crippen LogP contribution is -2.56. The lowest BCUT2D eigenvalue weighted by molar-refractivity contribution is 0.00967. The molecule has 1 spiro atoms. The van der Waals surface area contributed by atoms with Crippen molar-refractivity contribution < 1.29 is 32.9 Å². The molecule has 1 aromatic rings. The molecule has 0 saturated carbocycles. The summed E-state index contributed by atoms with van der Waals surface area (Å²) in [4.78, 5) is 32.0. The number of hydrogen-bond acceptors (Lipinski definition) is 7. The van der Waals surface area contributed by atoms with E-state index >= 15 is 0 Å². The summed E-state index contributed by atoms with van der Waals surface area (Å²) in [5, 5.41) is 0. The van der Waals surface area contributed by atoms with Gasteiger partial charge in [-0.25, -0.2) is 14.0 Å². The summed E-state index contributed by atoms with van der Waals surface area (Å²) in [6.45, 7) is 3.96. The Labute approximate surface area is 223 Å². The fourth-order valence-corrected chi connectivity index (χ4v) is 7.39. The van der Waals surface area contributed by atoms with Crippen LogP contribution in [0.25, 0.3) is 0 Å². The van der Waals surface area contributed by atoms with Gasteiger partial charge in [0.1, 0.15) is 18.5 Å². The molecule has 3 atom stereocenters. The summed E-state index contributed by atoms with van der Waals surface area (Å²) in [5.74, 6) is -0.278. The first-order chi connectivity index (χ1) is 18.5. The van der Waals surface area contributed by atoms with Gasteiger partial charge in [0.2, 0.25) is 0 Å². The molecule has 2 amide bonds. The molecule has 4 saturated heterocycles. The number of amides is 2. The molecule has 208 valence electrons. The van der Waals surface area contributed by atoms with Gasteiger partial charge in [-0.3, -0.25) is 4.90 Å². The molecular formula is C28H38FN3O6. The van der Waals surface area contributed by atoms with Crippen molar-refractivity contribution in [2.24, 2.45) is 0 Å². The number of anilines is 1. The van der Waals surface area contributed by atoms with E-state index in [1.165, 1.54) is 6.07 Å². The molecule has 2 bridgehead atoms. The molecule has 2 unspecified atom stereocenters. The van der Waals surface area contributed by atoms with E-state index in [0.717, 1.165) is 69.3 Å². The number of hydrogen-bond donors (Lipinski definition) is 0. The van der Waals surface area contributed by atoms with Gasteiger partial charge in [0.15, 0.2) is 0 Å².